The Balaban J connectivity index is 1.08. The summed E-state index contributed by atoms with van der Waals surface area (Å²) in [5.41, 5.74) is 0.187. The number of aliphatic hydroxyl groups is 10. The molecule has 78 heavy (non-hydrogen) atoms. The molecule has 1 aromatic heterocycles. The number of ether oxygens (including phenoxy) is 8. The molecule has 418 valence electrons. The lowest BCUT2D eigenvalue weighted by Crippen LogP contribution is -2.60. The highest BCUT2D eigenvalue weighted by Gasteiger charge is 2.49. The number of carbonyl (C=O) groups is 2. The van der Waals surface area contributed by atoms with Gasteiger partial charge in [-0.15, -0.1) is 0 Å². The van der Waals surface area contributed by atoms with E-state index in [-0.39, 0.29) is 22.3 Å². The summed E-state index contributed by atoms with van der Waals surface area (Å²) in [6, 6.07) is 14.5. The minimum atomic E-state index is -2.07. The molecule has 3 saturated heterocycles. The average Bonchev–Trinajstić information content (AvgIpc) is 3.41. The Morgan fingerprint density at radius 3 is 1.54 bits per heavy atom. The molecule has 27 nitrogen and oxygen atoms in total. The van der Waals surface area contributed by atoms with Crippen molar-refractivity contribution in [3.05, 3.63) is 96.1 Å². The van der Waals surface area contributed by atoms with E-state index < -0.39 is 176 Å². The van der Waals surface area contributed by atoms with Gasteiger partial charge in [-0.1, -0.05) is 18.2 Å². The van der Waals surface area contributed by atoms with E-state index in [1.807, 2.05) is 0 Å². The number of phenols is 6. The fourth-order valence-corrected chi connectivity index (χ4v) is 8.20. The Labute approximate surface area is 438 Å². The molecule has 0 saturated carbocycles. The standard InChI is InChI=1S/C51H52O27/c52-17-33-39(61)42(64)45(67)51(76-33)75-32-16-25-29(14-24(54)15-30(25)73-49-46(68)43(65)40(62)34(77-49)18-71-37(59)10-5-21-3-8-26(55)27(56)11-21)72-48(32)22-12-28(57)38(60)31(13-22)74-50-47(69)44(66)41(63)35(78-50)19-70-36(58)9-4-20-1-6-23(53)7-2-20/h1-16,33-35,39-47,49-52,61-69H,17-19H2,(H5-,53,54,55,56,57,58,59,60)/p+1/t33-,34-,35-,39-,40-,41-,42+,43+,44+,45-,46+,47+,49-,50-,51-/m1/s1. The van der Waals surface area contributed by atoms with Gasteiger partial charge in [0.2, 0.25) is 30.4 Å². The number of aliphatic hydroxyl groups excluding tert-OH is 10. The van der Waals surface area contributed by atoms with Crippen LogP contribution in [0.2, 0.25) is 0 Å². The van der Waals surface area contributed by atoms with Gasteiger partial charge in [-0.3, -0.25) is 0 Å². The molecular formula is C51H53O27+. The molecule has 8 rings (SSSR count). The van der Waals surface area contributed by atoms with Crippen molar-refractivity contribution in [2.75, 3.05) is 19.8 Å². The van der Waals surface area contributed by atoms with Crippen molar-refractivity contribution >= 4 is 35.1 Å². The van der Waals surface area contributed by atoms with Crippen LogP contribution in [0.5, 0.6) is 51.7 Å². The summed E-state index contributed by atoms with van der Waals surface area (Å²) in [6.07, 6.45) is -23.7. The van der Waals surface area contributed by atoms with Gasteiger partial charge in [0.25, 0.3) is 0 Å². The van der Waals surface area contributed by atoms with E-state index in [0.717, 1.165) is 48.6 Å². The molecule has 3 fully saturated rings. The molecule has 0 bridgehead atoms. The molecule has 0 spiro atoms. The molecule has 4 heterocycles. The molecule has 16 N–H and O–H groups in total. The van der Waals surface area contributed by atoms with Gasteiger partial charge >= 0.3 is 23.3 Å². The Morgan fingerprint density at radius 2 is 0.987 bits per heavy atom. The second-order valence-electron chi connectivity index (χ2n) is 18.0. The Bertz CT molecular complexity index is 3000. The zero-order chi connectivity index (χ0) is 56.3. The minimum absolute atomic E-state index is 0.0113. The maximum Gasteiger partial charge on any atom is 0.402 e. The van der Waals surface area contributed by atoms with Crippen LogP contribution in [-0.2, 0) is 33.3 Å². The second-order valence-corrected chi connectivity index (χ2v) is 18.0. The predicted molar refractivity (Wildman–Crippen MR) is 258 cm³/mol. The molecule has 15 atom stereocenters. The number of esters is 2. The first-order chi connectivity index (χ1) is 37.1. The van der Waals surface area contributed by atoms with Gasteiger partial charge in [-0.05, 0) is 47.5 Å². The lowest BCUT2D eigenvalue weighted by Gasteiger charge is -2.40. The third-order valence-corrected chi connectivity index (χ3v) is 12.5. The van der Waals surface area contributed by atoms with Gasteiger partial charge < -0.3 is 120 Å². The normalized spacial score (nSPS) is 29.3. The van der Waals surface area contributed by atoms with Crippen molar-refractivity contribution in [1.29, 1.82) is 0 Å². The number of carbonyl (C=O) groups excluding carboxylic acids is 2. The van der Waals surface area contributed by atoms with Gasteiger partial charge in [0, 0.05) is 36.4 Å². The monoisotopic (exact) mass is 1100 g/mol. The second kappa shape index (κ2) is 24.0. The summed E-state index contributed by atoms with van der Waals surface area (Å²) in [6.45, 7) is -2.34. The van der Waals surface area contributed by atoms with Crippen molar-refractivity contribution in [3.63, 3.8) is 0 Å². The maximum absolute atomic E-state index is 12.6. The zero-order valence-electron chi connectivity index (χ0n) is 40.2. The molecule has 5 aromatic rings. The SMILES string of the molecule is O=C(C=Cc1ccc(O)cc1)OC[C@H]1O[C@@H](Oc2cc(-c3[o+]c4cc(O)cc(O[C@@H]5O[C@H](COC(=O)C=Cc6ccc(O)c(O)c6)[C@@H](O)[C@H](O)[C@@H]5O)c4cc3O[C@@H]3O[C@H](CO)[C@@H](O)[C@H](O)[C@H]3O)cc(O)c2O)[C@@H](O)[C@@H](O)[C@@H]1O. The highest BCUT2D eigenvalue weighted by Crippen LogP contribution is 2.47. The quantitative estimate of drug-likeness (QED) is 0.0236. The van der Waals surface area contributed by atoms with Crippen molar-refractivity contribution in [2.24, 2.45) is 0 Å². The van der Waals surface area contributed by atoms with Crippen LogP contribution in [0.15, 0.2) is 89.4 Å². The molecule has 0 unspecified atom stereocenters. The number of benzene rings is 4. The van der Waals surface area contributed by atoms with Gasteiger partial charge in [-0.25, -0.2) is 14.0 Å². The summed E-state index contributed by atoms with van der Waals surface area (Å²) in [4.78, 5) is 25.1. The summed E-state index contributed by atoms with van der Waals surface area (Å²) in [5.74, 6) is -7.47. The van der Waals surface area contributed by atoms with Crippen LogP contribution in [0.25, 0.3) is 34.4 Å². The maximum atomic E-state index is 12.6. The van der Waals surface area contributed by atoms with E-state index in [1.165, 1.54) is 48.6 Å². The summed E-state index contributed by atoms with van der Waals surface area (Å²) < 4.78 is 51.2. The third kappa shape index (κ3) is 12.5. The summed E-state index contributed by atoms with van der Waals surface area (Å²) >= 11 is 0. The first kappa shape index (κ1) is 56.6. The number of fused-ring (bicyclic) bond motifs is 1. The van der Waals surface area contributed by atoms with Crippen LogP contribution in [0.3, 0.4) is 0 Å². The molecule has 3 aliphatic heterocycles. The van der Waals surface area contributed by atoms with Crippen LogP contribution in [0.1, 0.15) is 11.1 Å². The average molecular weight is 1100 g/mol. The van der Waals surface area contributed by atoms with Gasteiger partial charge in [-0.2, -0.15) is 0 Å². The molecule has 3 aliphatic rings. The lowest BCUT2D eigenvalue weighted by molar-refractivity contribution is -0.278. The van der Waals surface area contributed by atoms with Crippen molar-refractivity contribution < 1.29 is 134 Å². The number of hydrogen-bond acceptors (Lipinski definition) is 26. The smallest absolute Gasteiger partial charge is 0.402 e. The van der Waals surface area contributed by atoms with Gasteiger partial charge in [0.05, 0.1) is 18.2 Å². The van der Waals surface area contributed by atoms with E-state index >= 15 is 0 Å². The van der Waals surface area contributed by atoms with Gasteiger partial charge in [0.15, 0.2) is 23.0 Å². The van der Waals surface area contributed by atoms with E-state index in [0.29, 0.717) is 11.1 Å². The highest BCUT2D eigenvalue weighted by atomic mass is 16.7. The van der Waals surface area contributed by atoms with Crippen LogP contribution in [0.4, 0.5) is 0 Å². The minimum Gasteiger partial charge on any atom is -0.508 e. The lowest BCUT2D eigenvalue weighted by atomic mass is 9.99. The number of hydrogen-bond donors (Lipinski definition) is 16. The Hall–Kier alpha value is -7.61. The molecule has 0 radical (unpaired) electrons. The fraction of sp³-hybridized carbons (Fsp3) is 0.353. The summed E-state index contributed by atoms with van der Waals surface area (Å²) in [5, 5.41) is 169. The summed E-state index contributed by atoms with van der Waals surface area (Å²) in [7, 11) is 0. The number of aromatic hydroxyl groups is 6. The van der Waals surface area contributed by atoms with E-state index in [4.69, 9.17) is 42.3 Å². The van der Waals surface area contributed by atoms with Crippen LogP contribution >= 0.6 is 0 Å². The third-order valence-electron chi connectivity index (χ3n) is 12.5. The highest BCUT2D eigenvalue weighted by molar-refractivity contribution is 5.90. The van der Waals surface area contributed by atoms with Crippen LogP contribution in [0, 0.1) is 0 Å². The Morgan fingerprint density at radius 1 is 0.487 bits per heavy atom. The molecule has 4 aromatic carbocycles. The van der Waals surface area contributed by atoms with E-state index in [9.17, 15) is 91.3 Å². The zero-order valence-corrected chi connectivity index (χ0v) is 40.2. The molecular weight excluding hydrogens is 1040 g/mol. The first-order valence-electron chi connectivity index (χ1n) is 23.5. The van der Waals surface area contributed by atoms with Gasteiger partial charge in [0.1, 0.15) is 109 Å². The predicted octanol–water partition coefficient (Wildman–Crippen LogP) is -1.32. The number of rotatable bonds is 16. The largest absolute Gasteiger partial charge is 0.508 e. The fourth-order valence-electron chi connectivity index (χ4n) is 8.20. The molecule has 27 heteroatoms. The van der Waals surface area contributed by atoms with E-state index in [1.54, 1.807) is 0 Å². The first-order valence-corrected chi connectivity index (χ1v) is 23.5. The Kier molecular flexibility index (Phi) is 17.4. The van der Waals surface area contributed by atoms with Crippen molar-refractivity contribution in [2.45, 2.75) is 92.1 Å². The molecule has 0 aliphatic carbocycles. The topological polar surface area (TPSA) is 443 Å². The van der Waals surface area contributed by atoms with Crippen molar-refractivity contribution in [1.82, 2.24) is 0 Å². The van der Waals surface area contributed by atoms with E-state index in [2.05, 4.69) is 0 Å². The molecule has 0 amide bonds. The van der Waals surface area contributed by atoms with Crippen molar-refractivity contribution in [3.8, 4) is 63.1 Å². The van der Waals surface area contributed by atoms with Crippen LogP contribution in [-0.4, -0.2) is 206 Å². The van der Waals surface area contributed by atoms with Crippen LogP contribution < -0.4 is 14.2 Å². The number of phenolic OH excluding ortho intramolecular Hbond substituents is 6.